The van der Waals surface area contributed by atoms with Crippen LogP contribution in [-0.2, 0) is 0 Å². The Balaban J connectivity index is 1.71. The Kier molecular flexibility index (Phi) is 6.13. The average molecular weight is 394 g/mol. The number of H-pyrrole nitrogens is 1. The average Bonchev–Trinajstić information content (AvgIpc) is 3.27. The van der Waals surface area contributed by atoms with Gasteiger partial charge in [0, 0.05) is 11.1 Å². The molecule has 1 aromatic heterocycles. The minimum absolute atomic E-state index is 0.305. The number of nitrogens with zero attached hydrogens (tertiary/aromatic N) is 2. The first-order chi connectivity index (χ1) is 14.0. The summed E-state index contributed by atoms with van der Waals surface area (Å²) >= 11 is 0. The number of ether oxygens (including phenoxy) is 3. The first-order valence-corrected chi connectivity index (χ1v) is 8.82. The van der Waals surface area contributed by atoms with Crippen molar-refractivity contribution >= 4 is 11.6 Å². The summed E-state index contributed by atoms with van der Waals surface area (Å²) in [5.74, 6) is 1.57. The Morgan fingerprint density at radius 3 is 2.34 bits per heavy atom. The van der Waals surface area contributed by atoms with Crippen LogP contribution in [0.5, 0.6) is 17.2 Å². The quantitative estimate of drug-likeness (QED) is 0.473. The molecule has 0 radical (unpaired) electrons. The molecule has 150 valence electrons. The maximum Gasteiger partial charge on any atom is 0.289 e. The maximum absolute atomic E-state index is 12.4. The fourth-order valence-corrected chi connectivity index (χ4v) is 2.67. The Labute approximate surface area is 168 Å². The second-order valence-electron chi connectivity index (χ2n) is 6.10. The van der Waals surface area contributed by atoms with E-state index in [9.17, 15) is 4.79 Å². The van der Waals surface area contributed by atoms with E-state index in [-0.39, 0.29) is 0 Å². The van der Waals surface area contributed by atoms with Crippen molar-refractivity contribution in [3.8, 4) is 28.5 Å². The van der Waals surface area contributed by atoms with E-state index in [0.29, 0.717) is 28.6 Å². The summed E-state index contributed by atoms with van der Waals surface area (Å²) in [7, 11) is 4.74. The van der Waals surface area contributed by atoms with Crippen molar-refractivity contribution in [1.82, 2.24) is 15.6 Å². The molecule has 0 unspecified atom stereocenters. The maximum atomic E-state index is 12.4. The number of carbonyl (C=O) groups excluding carboxylic acids is 1. The van der Waals surface area contributed by atoms with Crippen LogP contribution in [0.2, 0.25) is 0 Å². The van der Waals surface area contributed by atoms with E-state index in [2.05, 4.69) is 20.7 Å². The molecule has 0 aliphatic heterocycles. The molecule has 2 aromatic carbocycles. The number of nitrogens with one attached hydrogen (secondary N) is 2. The van der Waals surface area contributed by atoms with Gasteiger partial charge in [0.2, 0.25) is 0 Å². The predicted molar refractivity (Wildman–Crippen MR) is 110 cm³/mol. The molecular weight excluding hydrogens is 372 g/mol. The molecule has 3 rings (SSSR count). The zero-order chi connectivity index (χ0) is 20.8. The second kappa shape index (κ2) is 8.92. The van der Waals surface area contributed by atoms with Crippen molar-refractivity contribution < 1.29 is 19.0 Å². The molecule has 0 aliphatic rings. The van der Waals surface area contributed by atoms with Crippen LogP contribution in [0.1, 0.15) is 23.0 Å². The highest BCUT2D eigenvalue weighted by atomic mass is 16.5. The van der Waals surface area contributed by atoms with Crippen LogP contribution in [0.25, 0.3) is 11.3 Å². The molecule has 0 bridgehead atoms. The number of rotatable bonds is 7. The monoisotopic (exact) mass is 394 g/mol. The third-order valence-corrected chi connectivity index (χ3v) is 4.33. The number of hydrogen-bond acceptors (Lipinski definition) is 6. The molecule has 1 heterocycles. The van der Waals surface area contributed by atoms with E-state index < -0.39 is 5.91 Å². The van der Waals surface area contributed by atoms with Crippen LogP contribution in [0, 0.1) is 0 Å². The number of benzene rings is 2. The summed E-state index contributed by atoms with van der Waals surface area (Å²) in [6.45, 7) is 1.79. The Morgan fingerprint density at radius 1 is 0.966 bits per heavy atom. The minimum Gasteiger partial charge on any atom is -0.497 e. The minimum atomic E-state index is -0.392. The summed E-state index contributed by atoms with van der Waals surface area (Å²) < 4.78 is 15.7. The van der Waals surface area contributed by atoms with E-state index in [1.165, 1.54) is 0 Å². The van der Waals surface area contributed by atoms with Gasteiger partial charge in [-0.1, -0.05) is 0 Å². The first-order valence-electron chi connectivity index (χ1n) is 8.82. The van der Waals surface area contributed by atoms with Gasteiger partial charge < -0.3 is 14.2 Å². The van der Waals surface area contributed by atoms with E-state index in [1.54, 1.807) is 46.5 Å². The van der Waals surface area contributed by atoms with Gasteiger partial charge >= 0.3 is 0 Å². The van der Waals surface area contributed by atoms with Gasteiger partial charge in [-0.3, -0.25) is 9.89 Å². The van der Waals surface area contributed by atoms with Crippen molar-refractivity contribution in [2.75, 3.05) is 21.3 Å². The normalized spacial score (nSPS) is 11.1. The van der Waals surface area contributed by atoms with Crippen molar-refractivity contribution in [3.05, 3.63) is 59.8 Å². The number of aromatic amines is 1. The molecule has 0 saturated carbocycles. The molecule has 0 fully saturated rings. The summed E-state index contributed by atoms with van der Waals surface area (Å²) in [4.78, 5) is 12.4. The summed E-state index contributed by atoms with van der Waals surface area (Å²) in [5.41, 5.74) is 5.77. The molecule has 29 heavy (non-hydrogen) atoms. The van der Waals surface area contributed by atoms with E-state index in [1.807, 2.05) is 30.3 Å². The van der Waals surface area contributed by atoms with Gasteiger partial charge in [-0.15, -0.1) is 0 Å². The van der Waals surface area contributed by atoms with Crippen LogP contribution >= 0.6 is 0 Å². The molecule has 0 atom stereocenters. The molecule has 8 heteroatoms. The second-order valence-corrected chi connectivity index (χ2v) is 6.10. The number of amides is 1. The fourth-order valence-electron chi connectivity index (χ4n) is 2.67. The van der Waals surface area contributed by atoms with Crippen LogP contribution in [0.3, 0.4) is 0 Å². The standard InChI is InChI=1S/C21H22N4O4/c1-13(15-7-10-19(28-3)20(11-15)29-4)22-25-21(26)18-12-17(23-24-18)14-5-8-16(27-2)9-6-14/h5-12H,1-4H3,(H,23,24)(H,25,26)/b22-13-. The van der Waals surface area contributed by atoms with Crippen molar-refractivity contribution in [2.24, 2.45) is 5.10 Å². The molecule has 1 amide bonds. The molecule has 2 N–H and O–H groups in total. The summed E-state index contributed by atoms with van der Waals surface area (Å²) in [6, 6.07) is 14.5. The molecule has 3 aromatic rings. The topological polar surface area (TPSA) is 97.8 Å². The van der Waals surface area contributed by atoms with Gasteiger partial charge in [-0.25, -0.2) is 5.43 Å². The zero-order valence-corrected chi connectivity index (χ0v) is 16.6. The Bertz CT molecular complexity index is 1030. The molecular formula is C21H22N4O4. The predicted octanol–water partition coefficient (Wildman–Crippen LogP) is 3.26. The molecule has 8 nitrogen and oxygen atoms in total. The lowest BCUT2D eigenvalue weighted by Crippen LogP contribution is -2.19. The van der Waals surface area contributed by atoms with Crippen molar-refractivity contribution in [3.63, 3.8) is 0 Å². The van der Waals surface area contributed by atoms with E-state index >= 15 is 0 Å². The SMILES string of the molecule is COc1ccc(-c2cc(C(=O)N/N=C(/C)c3ccc(OC)c(OC)c3)[nH]n2)cc1. The third kappa shape index (κ3) is 4.55. The lowest BCUT2D eigenvalue weighted by molar-refractivity contribution is 0.0950. The van der Waals surface area contributed by atoms with Crippen LogP contribution in [-0.4, -0.2) is 43.1 Å². The molecule has 0 aliphatic carbocycles. The van der Waals surface area contributed by atoms with E-state index in [0.717, 1.165) is 16.9 Å². The Hall–Kier alpha value is -3.81. The molecule has 0 saturated heterocycles. The van der Waals surface area contributed by atoms with E-state index in [4.69, 9.17) is 14.2 Å². The first kappa shape index (κ1) is 19.9. The van der Waals surface area contributed by atoms with Crippen LogP contribution in [0.15, 0.2) is 53.6 Å². The highest BCUT2D eigenvalue weighted by molar-refractivity contribution is 6.01. The van der Waals surface area contributed by atoms with Gasteiger partial charge in [-0.05, 0) is 55.5 Å². The van der Waals surface area contributed by atoms with Crippen molar-refractivity contribution in [2.45, 2.75) is 6.92 Å². The van der Waals surface area contributed by atoms with Gasteiger partial charge in [0.25, 0.3) is 5.91 Å². The number of methoxy groups -OCH3 is 3. The third-order valence-electron chi connectivity index (χ3n) is 4.33. The number of hydrazone groups is 1. The fraction of sp³-hybridized carbons (Fsp3) is 0.190. The van der Waals surface area contributed by atoms with Crippen LogP contribution in [0.4, 0.5) is 0 Å². The van der Waals surface area contributed by atoms with Gasteiger partial charge in [0.1, 0.15) is 11.4 Å². The van der Waals surface area contributed by atoms with Gasteiger partial charge in [0.05, 0.1) is 32.7 Å². The Morgan fingerprint density at radius 2 is 1.69 bits per heavy atom. The van der Waals surface area contributed by atoms with Crippen LogP contribution < -0.4 is 19.6 Å². The lowest BCUT2D eigenvalue weighted by Gasteiger charge is -2.09. The van der Waals surface area contributed by atoms with Gasteiger partial charge in [-0.2, -0.15) is 10.2 Å². The number of hydrogen-bond donors (Lipinski definition) is 2. The summed E-state index contributed by atoms with van der Waals surface area (Å²) in [5, 5.41) is 11.1. The van der Waals surface area contributed by atoms with Gasteiger partial charge in [0.15, 0.2) is 11.5 Å². The highest BCUT2D eigenvalue weighted by Crippen LogP contribution is 2.27. The number of carbonyl (C=O) groups is 1. The number of aromatic nitrogens is 2. The zero-order valence-electron chi connectivity index (χ0n) is 16.6. The van der Waals surface area contributed by atoms with Crippen molar-refractivity contribution in [1.29, 1.82) is 0 Å². The smallest absolute Gasteiger partial charge is 0.289 e. The highest BCUT2D eigenvalue weighted by Gasteiger charge is 2.12. The molecule has 0 spiro atoms. The summed E-state index contributed by atoms with van der Waals surface area (Å²) in [6.07, 6.45) is 0. The largest absolute Gasteiger partial charge is 0.497 e. The lowest BCUT2D eigenvalue weighted by atomic mass is 10.1.